The molecule has 1 aromatic carbocycles. The van der Waals surface area contributed by atoms with Crippen LogP contribution in [0.25, 0.3) is 11.3 Å². The van der Waals surface area contributed by atoms with Gasteiger partial charge in [0, 0.05) is 18.5 Å². The second-order valence-electron chi connectivity index (χ2n) is 8.35. The van der Waals surface area contributed by atoms with Crippen LogP contribution in [0.3, 0.4) is 0 Å². The van der Waals surface area contributed by atoms with Crippen molar-refractivity contribution in [3.63, 3.8) is 0 Å². The SMILES string of the molecule is FC(F)(F)c1ccccc1-c1cnc(C2CCCN2Cc2nnc3n2CCCCC3)[nH]1. The first kappa shape index (κ1) is 20.2. The Morgan fingerprint density at radius 2 is 1.90 bits per heavy atom. The van der Waals surface area contributed by atoms with Crippen LogP contribution in [-0.2, 0) is 25.7 Å². The van der Waals surface area contributed by atoms with Crippen LogP contribution in [0.15, 0.2) is 30.5 Å². The minimum atomic E-state index is -4.41. The summed E-state index contributed by atoms with van der Waals surface area (Å²) in [5.74, 6) is 2.74. The van der Waals surface area contributed by atoms with Crippen molar-refractivity contribution < 1.29 is 13.2 Å². The molecule has 1 atom stereocenters. The molecular weight excluding hydrogens is 405 g/mol. The van der Waals surface area contributed by atoms with Crippen molar-refractivity contribution in [2.75, 3.05) is 6.54 Å². The molecule has 6 nitrogen and oxygen atoms in total. The second-order valence-corrected chi connectivity index (χ2v) is 8.35. The van der Waals surface area contributed by atoms with Gasteiger partial charge in [-0.15, -0.1) is 10.2 Å². The maximum Gasteiger partial charge on any atom is 0.417 e. The Bertz CT molecular complexity index is 1050. The third-order valence-electron chi connectivity index (χ3n) is 6.33. The van der Waals surface area contributed by atoms with Gasteiger partial charge in [0.05, 0.1) is 30.0 Å². The Kier molecular flexibility index (Phi) is 5.29. The molecule has 2 aliphatic heterocycles. The van der Waals surface area contributed by atoms with Crippen molar-refractivity contribution in [3.05, 3.63) is 53.5 Å². The molecule has 5 rings (SSSR count). The highest BCUT2D eigenvalue weighted by atomic mass is 19.4. The molecule has 9 heteroatoms. The average molecular weight is 430 g/mol. The Balaban J connectivity index is 1.38. The number of aromatic nitrogens is 5. The summed E-state index contributed by atoms with van der Waals surface area (Å²) in [6, 6.07) is 5.64. The fraction of sp³-hybridized carbons (Fsp3) is 0.500. The van der Waals surface area contributed by atoms with Crippen LogP contribution in [0.2, 0.25) is 0 Å². The molecule has 3 aromatic rings. The number of nitrogens with one attached hydrogen (secondary N) is 1. The zero-order chi connectivity index (χ0) is 21.4. The highest BCUT2D eigenvalue weighted by Gasteiger charge is 2.35. The number of nitrogens with zero attached hydrogens (tertiary/aromatic N) is 5. The van der Waals surface area contributed by atoms with Gasteiger partial charge in [-0.05, 0) is 38.3 Å². The lowest BCUT2D eigenvalue weighted by Crippen LogP contribution is -2.25. The first-order valence-corrected chi connectivity index (χ1v) is 10.9. The molecule has 0 amide bonds. The van der Waals surface area contributed by atoms with Gasteiger partial charge < -0.3 is 9.55 Å². The van der Waals surface area contributed by atoms with Gasteiger partial charge in [0.15, 0.2) is 0 Å². The molecule has 0 saturated carbocycles. The maximum absolute atomic E-state index is 13.4. The Morgan fingerprint density at radius 1 is 1.03 bits per heavy atom. The first-order valence-electron chi connectivity index (χ1n) is 10.9. The number of H-pyrrole nitrogens is 1. The van der Waals surface area contributed by atoms with E-state index in [0.29, 0.717) is 18.1 Å². The van der Waals surface area contributed by atoms with Crippen molar-refractivity contribution >= 4 is 0 Å². The number of alkyl halides is 3. The van der Waals surface area contributed by atoms with E-state index in [9.17, 15) is 13.2 Å². The number of aromatic amines is 1. The monoisotopic (exact) mass is 430 g/mol. The summed E-state index contributed by atoms with van der Waals surface area (Å²) in [7, 11) is 0. The Labute approximate surface area is 178 Å². The quantitative estimate of drug-likeness (QED) is 0.649. The normalized spacial score (nSPS) is 20.0. The predicted octanol–water partition coefficient (Wildman–Crippen LogP) is 4.75. The number of aryl methyl sites for hydroxylation is 1. The van der Waals surface area contributed by atoms with Crippen molar-refractivity contribution in [2.45, 2.75) is 63.8 Å². The fourth-order valence-electron chi connectivity index (χ4n) is 4.78. The Morgan fingerprint density at radius 3 is 2.77 bits per heavy atom. The van der Waals surface area contributed by atoms with E-state index >= 15 is 0 Å². The largest absolute Gasteiger partial charge is 0.417 e. The molecule has 2 aromatic heterocycles. The molecule has 1 saturated heterocycles. The highest BCUT2D eigenvalue weighted by molar-refractivity contribution is 5.64. The minimum absolute atomic E-state index is 0.0329. The van der Waals surface area contributed by atoms with Crippen LogP contribution in [-0.4, -0.2) is 36.2 Å². The second kappa shape index (κ2) is 8.11. The topological polar surface area (TPSA) is 62.6 Å². The molecule has 0 radical (unpaired) electrons. The highest BCUT2D eigenvalue weighted by Crippen LogP contribution is 2.38. The average Bonchev–Trinajstić information content (AvgIpc) is 3.45. The van der Waals surface area contributed by atoms with Gasteiger partial charge in [-0.3, -0.25) is 4.90 Å². The molecule has 1 unspecified atom stereocenters. The lowest BCUT2D eigenvalue weighted by Gasteiger charge is -2.22. The van der Waals surface area contributed by atoms with Crippen LogP contribution in [0, 0.1) is 0 Å². The summed E-state index contributed by atoms with van der Waals surface area (Å²) in [5.41, 5.74) is -0.133. The molecule has 4 heterocycles. The smallest absolute Gasteiger partial charge is 0.341 e. The van der Waals surface area contributed by atoms with E-state index in [1.165, 1.54) is 24.8 Å². The summed E-state index contributed by atoms with van der Waals surface area (Å²) in [5, 5.41) is 8.83. The molecular formula is C22H25F3N6. The molecule has 164 valence electrons. The van der Waals surface area contributed by atoms with Gasteiger partial charge in [0.2, 0.25) is 0 Å². The van der Waals surface area contributed by atoms with Gasteiger partial charge >= 0.3 is 6.18 Å². The fourth-order valence-corrected chi connectivity index (χ4v) is 4.78. The van der Waals surface area contributed by atoms with E-state index in [4.69, 9.17) is 0 Å². The number of halogens is 3. The summed E-state index contributed by atoms with van der Waals surface area (Å²) < 4.78 is 42.5. The number of benzene rings is 1. The third kappa shape index (κ3) is 3.98. The number of hydrogen-bond donors (Lipinski definition) is 1. The minimum Gasteiger partial charge on any atom is -0.341 e. The zero-order valence-electron chi connectivity index (χ0n) is 17.2. The van der Waals surface area contributed by atoms with Crippen LogP contribution in [0.4, 0.5) is 13.2 Å². The molecule has 2 aliphatic rings. The Hall–Kier alpha value is -2.68. The molecule has 0 bridgehead atoms. The van der Waals surface area contributed by atoms with Crippen molar-refractivity contribution in [2.24, 2.45) is 0 Å². The van der Waals surface area contributed by atoms with Crippen LogP contribution >= 0.6 is 0 Å². The first-order chi connectivity index (χ1) is 15.0. The summed E-state index contributed by atoms with van der Waals surface area (Å²) in [6.07, 6.45) is 3.50. The van der Waals surface area contributed by atoms with Gasteiger partial charge in [0.25, 0.3) is 0 Å². The van der Waals surface area contributed by atoms with Crippen LogP contribution in [0.1, 0.15) is 61.2 Å². The number of imidazole rings is 1. The van der Waals surface area contributed by atoms with Gasteiger partial charge in [-0.2, -0.15) is 13.2 Å². The number of rotatable bonds is 4. The lowest BCUT2D eigenvalue weighted by atomic mass is 10.0. The number of fused-ring (bicyclic) bond motifs is 1. The zero-order valence-corrected chi connectivity index (χ0v) is 17.2. The molecule has 0 aliphatic carbocycles. The van der Waals surface area contributed by atoms with Gasteiger partial charge in [-0.1, -0.05) is 24.6 Å². The summed E-state index contributed by atoms with van der Waals surface area (Å²) in [4.78, 5) is 9.95. The van der Waals surface area contributed by atoms with E-state index in [0.717, 1.165) is 62.9 Å². The summed E-state index contributed by atoms with van der Waals surface area (Å²) >= 11 is 0. The van der Waals surface area contributed by atoms with Crippen molar-refractivity contribution in [1.29, 1.82) is 0 Å². The van der Waals surface area contributed by atoms with Crippen molar-refractivity contribution in [1.82, 2.24) is 29.6 Å². The van der Waals surface area contributed by atoms with Gasteiger partial charge in [-0.25, -0.2) is 4.98 Å². The van der Waals surface area contributed by atoms with Crippen LogP contribution in [0.5, 0.6) is 0 Å². The lowest BCUT2D eigenvalue weighted by molar-refractivity contribution is -0.137. The molecule has 31 heavy (non-hydrogen) atoms. The standard InChI is InChI=1S/C22H25F3N6/c23-22(24,25)16-8-4-3-7-15(16)17-13-26-21(27-17)18-9-6-11-30(18)14-20-29-28-19-10-2-1-5-12-31(19)20/h3-4,7-8,13,18H,1-2,5-6,9-12,14H2,(H,26,27). The number of likely N-dealkylation sites (tertiary alicyclic amines) is 1. The van der Waals surface area contributed by atoms with E-state index in [1.54, 1.807) is 6.07 Å². The van der Waals surface area contributed by atoms with E-state index < -0.39 is 11.7 Å². The maximum atomic E-state index is 13.4. The molecule has 1 fully saturated rings. The third-order valence-corrected chi connectivity index (χ3v) is 6.33. The summed E-state index contributed by atoms with van der Waals surface area (Å²) in [6.45, 7) is 2.53. The van der Waals surface area contributed by atoms with Crippen molar-refractivity contribution in [3.8, 4) is 11.3 Å². The molecule has 1 N–H and O–H groups in total. The van der Waals surface area contributed by atoms with E-state index in [2.05, 4.69) is 29.6 Å². The number of hydrogen-bond acceptors (Lipinski definition) is 4. The molecule has 0 spiro atoms. The predicted molar refractivity (Wildman–Crippen MR) is 109 cm³/mol. The van der Waals surface area contributed by atoms with E-state index in [-0.39, 0.29) is 11.6 Å². The van der Waals surface area contributed by atoms with E-state index in [1.807, 2.05) is 0 Å². The van der Waals surface area contributed by atoms with Crippen LogP contribution < -0.4 is 0 Å². The van der Waals surface area contributed by atoms with Gasteiger partial charge in [0.1, 0.15) is 17.5 Å².